The van der Waals surface area contributed by atoms with Crippen LogP contribution in [0.5, 0.6) is 0 Å². The summed E-state index contributed by atoms with van der Waals surface area (Å²) in [4.78, 5) is 14.4. The predicted molar refractivity (Wildman–Crippen MR) is 84.8 cm³/mol. The minimum atomic E-state index is -2.92. The molecule has 1 fully saturated rings. The molecule has 0 bridgehead atoms. The van der Waals surface area contributed by atoms with Crippen LogP contribution in [-0.4, -0.2) is 56.9 Å². The topological polar surface area (TPSA) is 79.6 Å². The van der Waals surface area contributed by atoms with Gasteiger partial charge in [-0.15, -0.1) is 0 Å². The number of aryl methyl sites for hydroxylation is 2. The van der Waals surface area contributed by atoms with Crippen LogP contribution >= 0.6 is 0 Å². The molecule has 0 atom stereocenters. The summed E-state index contributed by atoms with van der Waals surface area (Å²) in [7, 11) is -2.92. The first-order valence-electron chi connectivity index (χ1n) is 7.52. The molecule has 0 spiro atoms. The summed E-state index contributed by atoms with van der Waals surface area (Å²) in [6, 6.07) is 1.89. The SMILES string of the molecule is Cc1cc(C(=O)NC2CCN(CCS(C)(=O)=O)CC2)c(C)o1. The number of nitrogens with one attached hydrogen (secondary N) is 1. The molecule has 1 aliphatic heterocycles. The van der Waals surface area contributed by atoms with E-state index in [0.717, 1.165) is 31.7 Å². The lowest BCUT2D eigenvalue weighted by molar-refractivity contribution is 0.0911. The molecule has 2 rings (SSSR count). The normalized spacial score (nSPS) is 17.6. The molecular weight excluding hydrogens is 304 g/mol. The van der Waals surface area contributed by atoms with Gasteiger partial charge in [-0.05, 0) is 32.8 Å². The van der Waals surface area contributed by atoms with E-state index in [-0.39, 0.29) is 17.7 Å². The van der Waals surface area contributed by atoms with Crippen LogP contribution in [0.3, 0.4) is 0 Å². The molecule has 1 N–H and O–H groups in total. The molecule has 1 saturated heterocycles. The third-order valence-corrected chi connectivity index (χ3v) is 4.91. The van der Waals surface area contributed by atoms with Gasteiger partial charge < -0.3 is 14.6 Å². The highest BCUT2D eigenvalue weighted by atomic mass is 32.2. The number of rotatable bonds is 5. The quantitative estimate of drug-likeness (QED) is 0.876. The Morgan fingerprint density at radius 2 is 2.00 bits per heavy atom. The van der Waals surface area contributed by atoms with Gasteiger partial charge in [0.1, 0.15) is 21.4 Å². The molecule has 22 heavy (non-hydrogen) atoms. The van der Waals surface area contributed by atoms with E-state index in [1.54, 1.807) is 13.0 Å². The number of carbonyl (C=O) groups excluding carboxylic acids is 1. The van der Waals surface area contributed by atoms with Crippen molar-refractivity contribution in [2.75, 3.05) is 31.6 Å². The minimum absolute atomic E-state index is 0.0936. The summed E-state index contributed by atoms with van der Waals surface area (Å²) in [5.41, 5.74) is 0.594. The maximum atomic E-state index is 12.2. The predicted octanol–water partition coefficient (Wildman–Crippen LogP) is 1.14. The number of furan rings is 1. The van der Waals surface area contributed by atoms with Crippen LogP contribution in [0.15, 0.2) is 10.5 Å². The zero-order valence-corrected chi connectivity index (χ0v) is 14.2. The standard InChI is InChI=1S/C15H24N2O4S/c1-11-10-14(12(2)21-11)15(18)16-13-4-6-17(7-5-13)8-9-22(3,19)20/h10,13H,4-9H2,1-3H3,(H,16,18). The Morgan fingerprint density at radius 1 is 1.36 bits per heavy atom. The zero-order chi connectivity index (χ0) is 16.3. The van der Waals surface area contributed by atoms with Crippen LogP contribution in [0.1, 0.15) is 34.7 Å². The van der Waals surface area contributed by atoms with E-state index >= 15 is 0 Å². The molecule has 7 heteroatoms. The number of piperidine rings is 1. The van der Waals surface area contributed by atoms with Crippen molar-refractivity contribution in [1.29, 1.82) is 0 Å². The van der Waals surface area contributed by atoms with Crippen LogP contribution in [0.4, 0.5) is 0 Å². The molecule has 0 aliphatic carbocycles. The Labute approximate surface area is 131 Å². The van der Waals surface area contributed by atoms with Crippen molar-refractivity contribution in [3.8, 4) is 0 Å². The summed E-state index contributed by atoms with van der Waals surface area (Å²) in [6.07, 6.45) is 2.94. The molecule has 1 amide bonds. The van der Waals surface area contributed by atoms with Crippen LogP contribution in [0.25, 0.3) is 0 Å². The number of likely N-dealkylation sites (tertiary alicyclic amines) is 1. The van der Waals surface area contributed by atoms with Gasteiger partial charge in [-0.1, -0.05) is 0 Å². The van der Waals surface area contributed by atoms with Gasteiger partial charge in [0.15, 0.2) is 0 Å². The Hall–Kier alpha value is -1.34. The second-order valence-electron chi connectivity index (χ2n) is 6.05. The number of hydrogen-bond acceptors (Lipinski definition) is 5. The fourth-order valence-corrected chi connectivity index (χ4v) is 3.31. The van der Waals surface area contributed by atoms with E-state index in [0.29, 0.717) is 17.9 Å². The molecule has 2 heterocycles. The van der Waals surface area contributed by atoms with Gasteiger partial charge in [-0.2, -0.15) is 0 Å². The minimum Gasteiger partial charge on any atom is -0.466 e. The van der Waals surface area contributed by atoms with E-state index in [2.05, 4.69) is 10.2 Å². The lowest BCUT2D eigenvalue weighted by Crippen LogP contribution is -2.45. The Morgan fingerprint density at radius 3 is 2.50 bits per heavy atom. The van der Waals surface area contributed by atoms with Crippen molar-refractivity contribution in [3.63, 3.8) is 0 Å². The van der Waals surface area contributed by atoms with Crippen LogP contribution in [-0.2, 0) is 9.84 Å². The first-order valence-corrected chi connectivity index (χ1v) is 9.58. The average molecular weight is 328 g/mol. The van der Waals surface area contributed by atoms with Crippen LogP contribution in [0, 0.1) is 13.8 Å². The van der Waals surface area contributed by atoms with Crippen molar-refractivity contribution >= 4 is 15.7 Å². The third kappa shape index (κ3) is 4.84. The van der Waals surface area contributed by atoms with E-state index < -0.39 is 9.84 Å². The monoisotopic (exact) mass is 328 g/mol. The second-order valence-corrected chi connectivity index (χ2v) is 8.31. The van der Waals surface area contributed by atoms with Crippen molar-refractivity contribution < 1.29 is 17.6 Å². The van der Waals surface area contributed by atoms with E-state index in [1.807, 2.05) is 6.92 Å². The van der Waals surface area contributed by atoms with Gasteiger partial charge in [-0.25, -0.2) is 8.42 Å². The molecule has 0 unspecified atom stereocenters. The molecule has 124 valence electrons. The molecule has 0 radical (unpaired) electrons. The zero-order valence-electron chi connectivity index (χ0n) is 13.4. The summed E-state index contributed by atoms with van der Waals surface area (Å²) >= 11 is 0. The molecule has 0 aromatic carbocycles. The molecule has 1 aliphatic rings. The van der Waals surface area contributed by atoms with Gasteiger partial charge >= 0.3 is 0 Å². The Balaban J connectivity index is 1.80. The number of amides is 1. The van der Waals surface area contributed by atoms with Crippen molar-refractivity contribution in [3.05, 3.63) is 23.2 Å². The largest absolute Gasteiger partial charge is 0.466 e. The first kappa shape index (κ1) is 17.0. The van der Waals surface area contributed by atoms with E-state index in [4.69, 9.17) is 4.42 Å². The van der Waals surface area contributed by atoms with E-state index in [9.17, 15) is 13.2 Å². The number of sulfone groups is 1. The van der Waals surface area contributed by atoms with Crippen LogP contribution in [0.2, 0.25) is 0 Å². The lowest BCUT2D eigenvalue weighted by atomic mass is 10.0. The van der Waals surface area contributed by atoms with Crippen LogP contribution < -0.4 is 5.32 Å². The Kier molecular flexibility index (Phi) is 5.28. The summed E-state index contributed by atoms with van der Waals surface area (Å²) in [5.74, 6) is 1.47. The highest BCUT2D eigenvalue weighted by Crippen LogP contribution is 2.15. The molecule has 6 nitrogen and oxygen atoms in total. The maximum Gasteiger partial charge on any atom is 0.255 e. The molecular formula is C15H24N2O4S. The molecule has 1 aromatic rings. The van der Waals surface area contributed by atoms with Gasteiger partial charge in [0.2, 0.25) is 0 Å². The first-order chi connectivity index (χ1) is 10.2. The lowest BCUT2D eigenvalue weighted by Gasteiger charge is -2.32. The highest BCUT2D eigenvalue weighted by molar-refractivity contribution is 7.90. The van der Waals surface area contributed by atoms with Gasteiger partial charge in [0.05, 0.1) is 11.3 Å². The third-order valence-electron chi connectivity index (χ3n) is 3.99. The van der Waals surface area contributed by atoms with Gasteiger partial charge in [0, 0.05) is 31.9 Å². The van der Waals surface area contributed by atoms with E-state index in [1.165, 1.54) is 6.26 Å². The smallest absolute Gasteiger partial charge is 0.255 e. The fraction of sp³-hybridized carbons (Fsp3) is 0.667. The Bertz CT molecular complexity index is 628. The summed E-state index contributed by atoms with van der Waals surface area (Å²) < 4.78 is 27.7. The van der Waals surface area contributed by atoms with Crippen molar-refractivity contribution in [2.45, 2.75) is 32.7 Å². The highest BCUT2D eigenvalue weighted by Gasteiger charge is 2.23. The number of carbonyl (C=O) groups is 1. The van der Waals surface area contributed by atoms with Gasteiger partial charge in [-0.3, -0.25) is 4.79 Å². The average Bonchev–Trinajstić information content (AvgIpc) is 2.76. The number of nitrogens with zero attached hydrogens (tertiary/aromatic N) is 1. The second kappa shape index (κ2) is 6.83. The summed E-state index contributed by atoms with van der Waals surface area (Å²) in [6.45, 7) is 5.80. The van der Waals surface area contributed by atoms with Gasteiger partial charge in [0.25, 0.3) is 5.91 Å². The fourth-order valence-electron chi connectivity index (χ4n) is 2.72. The summed E-state index contributed by atoms with van der Waals surface area (Å²) in [5, 5.41) is 3.04. The maximum absolute atomic E-state index is 12.2. The number of hydrogen-bond donors (Lipinski definition) is 1. The molecule has 0 saturated carbocycles. The van der Waals surface area contributed by atoms with Crippen molar-refractivity contribution in [1.82, 2.24) is 10.2 Å². The molecule has 1 aromatic heterocycles. The van der Waals surface area contributed by atoms with Crippen molar-refractivity contribution in [2.24, 2.45) is 0 Å².